The molecule has 0 saturated heterocycles. The molecule has 1 heterocycles. The van der Waals surface area contributed by atoms with Crippen LogP contribution in [0.15, 0.2) is 16.7 Å². The zero-order valence-electron chi connectivity index (χ0n) is 6.04. The predicted octanol–water partition coefficient (Wildman–Crippen LogP) is 1.34. The second kappa shape index (κ2) is 3.69. The number of rotatable bonds is 2. The van der Waals surface area contributed by atoms with E-state index in [9.17, 15) is 0 Å². The average molecular weight is 218 g/mol. The SMILES string of the molecule is COc1ncc(Br)cc1CO. The molecule has 0 aromatic carbocycles. The number of aliphatic hydroxyl groups excluding tert-OH is 1. The molecule has 3 nitrogen and oxygen atoms in total. The summed E-state index contributed by atoms with van der Waals surface area (Å²) in [5, 5.41) is 8.83. The van der Waals surface area contributed by atoms with Gasteiger partial charge in [-0.3, -0.25) is 0 Å². The summed E-state index contributed by atoms with van der Waals surface area (Å²) in [7, 11) is 1.52. The van der Waals surface area contributed by atoms with E-state index in [4.69, 9.17) is 9.84 Å². The van der Waals surface area contributed by atoms with E-state index in [-0.39, 0.29) is 6.61 Å². The molecule has 0 fully saturated rings. The van der Waals surface area contributed by atoms with E-state index >= 15 is 0 Å². The summed E-state index contributed by atoms with van der Waals surface area (Å²) >= 11 is 3.24. The van der Waals surface area contributed by atoms with Gasteiger partial charge in [-0.1, -0.05) is 0 Å². The molecule has 0 aliphatic rings. The Morgan fingerprint density at radius 3 is 3.00 bits per heavy atom. The van der Waals surface area contributed by atoms with Gasteiger partial charge in [0.1, 0.15) is 0 Å². The summed E-state index contributed by atoms with van der Waals surface area (Å²) in [6, 6.07) is 1.77. The summed E-state index contributed by atoms with van der Waals surface area (Å²) in [6.45, 7) is -0.0599. The molecule has 0 aliphatic heterocycles. The molecule has 0 atom stereocenters. The molecule has 0 saturated carbocycles. The lowest BCUT2D eigenvalue weighted by Gasteiger charge is -2.03. The normalized spacial score (nSPS) is 9.73. The van der Waals surface area contributed by atoms with Gasteiger partial charge in [0.2, 0.25) is 5.88 Å². The van der Waals surface area contributed by atoms with Crippen molar-refractivity contribution in [1.82, 2.24) is 4.98 Å². The minimum Gasteiger partial charge on any atom is -0.481 e. The van der Waals surface area contributed by atoms with Crippen LogP contribution >= 0.6 is 15.9 Å². The van der Waals surface area contributed by atoms with Crippen molar-refractivity contribution in [3.8, 4) is 5.88 Å². The fourth-order valence-corrected chi connectivity index (χ4v) is 1.14. The highest BCUT2D eigenvalue weighted by atomic mass is 79.9. The number of pyridine rings is 1. The van der Waals surface area contributed by atoms with Crippen molar-refractivity contribution in [3.05, 3.63) is 22.3 Å². The van der Waals surface area contributed by atoms with E-state index in [2.05, 4.69) is 20.9 Å². The van der Waals surface area contributed by atoms with Gasteiger partial charge in [0.15, 0.2) is 0 Å². The molecule has 1 aromatic heterocycles. The number of halogens is 1. The largest absolute Gasteiger partial charge is 0.481 e. The second-order valence-electron chi connectivity index (χ2n) is 1.98. The van der Waals surface area contributed by atoms with E-state index in [0.29, 0.717) is 11.4 Å². The van der Waals surface area contributed by atoms with E-state index < -0.39 is 0 Å². The van der Waals surface area contributed by atoms with Crippen LogP contribution < -0.4 is 4.74 Å². The first kappa shape index (κ1) is 8.49. The summed E-state index contributed by atoms with van der Waals surface area (Å²) < 4.78 is 5.73. The third-order valence-electron chi connectivity index (χ3n) is 1.26. The van der Waals surface area contributed by atoms with E-state index in [1.807, 2.05) is 0 Å². The first-order valence-electron chi connectivity index (χ1n) is 3.07. The van der Waals surface area contributed by atoms with Crippen molar-refractivity contribution >= 4 is 15.9 Å². The van der Waals surface area contributed by atoms with Gasteiger partial charge in [-0.05, 0) is 22.0 Å². The van der Waals surface area contributed by atoms with Crippen molar-refractivity contribution in [2.24, 2.45) is 0 Å². The monoisotopic (exact) mass is 217 g/mol. The molecule has 4 heteroatoms. The summed E-state index contributed by atoms with van der Waals surface area (Å²) in [6.07, 6.45) is 1.62. The molecule has 0 radical (unpaired) electrons. The zero-order valence-corrected chi connectivity index (χ0v) is 7.63. The highest BCUT2D eigenvalue weighted by molar-refractivity contribution is 9.10. The average Bonchev–Trinajstić information content (AvgIpc) is 2.04. The lowest BCUT2D eigenvalue weighted by Crippen LogP contribution is -1.94. The molecule has 11 heavy (non-hydrogen) atoms. The highest BCUT2D eigenvalue weighted by Gasteiger charge is 2.02. The fraction of sp³-hybridized carbons (Fsp3) is 0.286. The summed E-state index contributed by atoms with van der Waals surface area (Å²) in [5.74, 6) is 0.468. The molecule has 1 aromatic rings. The minimum absolute atomic E-state index is 0.0599. The van der Waals surface area contributed by atoms with Gasteiger partial charge in [-0.15, -0.1) is 0 Å². The van der Waals surface area contributed by atoms with Gasteiger partial charge < -0.3 is 9.84 Å². The Bertz CT molecular complexity index is 252. The van der Waals surface area contributed by atoms with Crippen LogP contribution in [-0.2, 0) is 6.61 Å². The molecular weight excluding hydrogens is 210 g/mol. The topological polar surface area (TPSA) is 42.4 Å². The quantitative estimate of drug-likeness (QED) is 0.814. The number of ether oxygens (including phenoxy) is 1. The third-order valence-corrected chi connectivity index (χ3v) is 1.69. The number of hydrogen-bond donors (Lipinski definition) is 1. The Hall–Kier alpha value is -0.610. The number of methoxy groups -OCH3 is 1. The number of aliphatic hydroxyl groups is 1. The third kappa shape index (κ3) is 1.91. The lowest BCUT2D eigenvalue weighted by atomic mass is 10.3. The maximum absolute atomic E-state index is 8.83. The number of aromatic nitrogens is 1. The van der Waals surface area contributed by atoms with Crippen LogP contribution in [0.1, 0.15) is 5.56 Å². The fourth-order valence-electron chi connectivity index (χ4n) is 0.766. The van der Waals surface area contributed by atoms with Crippen molar-refractivity contribution in [2.75, 3.05) is 7.11 Å². The van der Waals surface area contributed by atoms with Crippen LogP contribution in [0.5, 0.6) is 5.88 Å². The van der Waals surface area contributed by atoms with Crippen LogP contribution in [0, 0.1) is 0 Å². The van der Waals surface area contributed by atoms with Crippen LogP contribution in [-0.4, -0.2) is 17.2 Å². The number of nitrogens with zero attached hydrogens (tertiary/aromatic N) is 1. The van der Waals surface area contributed by atoms with Gasteiger partial charge in [-0.2, -0.15) is 0 Å². The first-order valence-corrected chi connectivity index (χ1v) is 3.86. The Balaban J connectivity index is 3.06. The lowest BCUT2D eigenvalue weighted by molar-refractivity contribution is 0.271. The Labute approximate surface area is 73.2 Å². The predicted molar refractivity (Wildman–Crippen MR) is 44.4 cm³/mol. The molecule has 0 bridgehead atoms. The van der Waals surface area contributed by atoms with E-state index in [1.54, 1.807) is 12.3 Å². The molecule has 60 valence electrons. The van der Waals surface area contributed by atoms with Crippen molar-refractivity contribution in [1.29, 1.82) is 0 Å². The van der Waals surface area contributed by atoms with E-state index in [0.717, 1.165) is 4.47 Å². The standard InChI is InChI=1S/C7H8BrNO2/c1-11-7-5(4-10)2-6(8)3-9-7/h2-3,10H,4H2,1H3. The van der Waals surface area contributed by atoms with Crippen LogP contribution in [0.2, 0.25) is 0 Å². The van der Waals surface area contributed by atoms with Crippen molar-refractivity contribution < 1.29 is 9.84 Å². The highest BCUT2D eigenvalue weighted by Crippen LogP contribution is 2.18. The molecule has 0 spiro atoms. The zero-order chi connectivity index (χ0) is 8.27. The Morgan fingerprint density at radius 2 is 2.45 bits per heavy atom. The van der Waals surface area contributed by atoms with Gasteiger partial charge in [0.05, 0.1) is 13.7 Å². The van der Waals surface area contributed by atoms with Gasteiger partial charge in [0, 0.05) is 16.2 Å². The van der Waals surface area contributed by atoms with Gasteiger partial charge >= 0.3 is 0 Å². The summed E-state index contributed by atoms with van der Waals surface area (Å²) in [4.78, 5) is 3.94. The number of hydrogen-bond acceptors (Lipinski definition) is 3. The molecular formula is C7H8BrNO2. The van der Waals surface area contributed by atoms with Gasteiger partial charge in [0.25, 0.3) is 0 Å². The first-order chi connectivity index (χ1) is 5.27. The Morgan fingerprint density at radius 1 is 1.73 bits per heavy atom. The second-order valence-corrected chi connectivity index (χ2v) is 2.90. The van der Waals surface area contributed by atoms with E-state index in [1.165, 1.54) is 7.11 Å². The molecule has 0 amide bonds. The van der Waals surface area contributed by atoms with Crippen LogP contribution in [0.25, 0.3) is 0 Å². The molecule has 0 unspecified atom stereocenters. The smallest absolute Gasteiger partial charge is 0.218 e. The molecule has 1 N–H and O–H groups in total. The maximum atomic E-state index is 8.83. The maximum Gasteiger partial charge on any atom is 0.218 e. The molecule has 0 aliphatic carbocycles. The molecule has 1 rings (SSSR count). The van der Waals surface area contributed by atoms with Crippen LogP contribution in [0.4, 0.5) is 0 Å². The summed E-state index contributed by atoms with van der Waals surface area (Å²) in [5.41, 5.74) is 0.682. The van der Waals surface area contributed by atoms with Crippen molar-refractivity contribution in [2.45, 2.75) is 6.61 Å². The van der Waals surface area contributed by atoms with Crippen molar-refractivity contribution in [3.63, 3.8) is 0 Å². The van der Waals surface area contributed by atoms with Crippen LogP contribution in [0.3, 0.4) is 0 Å². The van der Waals surface area contributed by atoms with Gasteiger partial charge in [-0.25, -0.2) is 4.98 Å². The minimum atomic E-state index is -0.0599. The Kier molecular flexibility index (Phi) is 2.84.